The van der Waals surface area contributed by atoms with E-state index < -0.39 is 0 Å². The molecule has 1 fully saturated rings. The van der Waals surface area contributed by atoms with Gasteiger partial charge in [-0.05, 0) is 37.5 Å². The first-order chi connectivity index (χ1) is 9.69. The van der Waals surface area contributed by atoms with Crippen LogP contribution in [0.4, 0.5) is 4.39 Å². The van der Waals surface area contributed by atoms with E-state index in [-0.39, 0.29) is 5.82 Å². The Morgan fingerprint density at radius 2 is 2.25 bits per heavy atom. The van der Waals surface area contributed by atoms with Crippen LogP contribution in [0.1, 0.15) is 29.1 Å². The summed E-state index contributed by atoms with van der Waals surface area (Å²) in [5.74, 6) is 0.299. The molecular weight excluding hydrogens is 275 g/mol. The van der Waals surface area contributed by atoms with Crippen LogP contribution in [0.15, 0.2) is 23.6 Å². The molecule has 1 aromatic carbocycles. The van der Waals surface area contributed by atoms with Gasteiger partial charge in [-0.3, -0.25) is 0 Å². The summed E-state index contributed by atoms with van der Waals surface area (Å²) >= 11 is 1.59. The van der Waals surface area contributed by atoms with Gasteiger partial charge in [-0.15, -0.1) is 11.3 Å². The minimum absolute atomic E-state index is 0.260. The Morgan fingerprint density at radius 1 is 1.40 bits per heavy atom. The summed E-state index contributed by atoms with van der Waals surface area (Å²) in [5, 5.41) is 6.35. The number of nitrogens with one attached hydrogen (secondary N) is 1. The maximum atomic E-state index is 13.6. The summed E-state index contributed by atoms with van der Waals surface area (Å²) in [6, 6.07) is 5.47. The molecule has 0 spiro atoms. The van der Waals surface area contributed by atoms with E-state index in [2.05, 4.69) is 10.3 Å². The summed E-state index contributed by atoms with van der Waals surface area (Å²) in [6.07, 6.45) is 2.45. The number of benzene rings is 1. The van der Waals surface area contributed by atoms with E-state index >= 15 is 0 Å². The van der Waals surface area contributed by atoms with Crippen molar-refractivity contribution < 1.29 is 9.13 Å². The molecule has 0 saturated heterocycles. The van der Waals surface area contributed by atoms with Crippen molar-refractivity contribution in [1.82, 2.24) is 10.3 Å². The van der Waals surface area contributed by atoms with Crippen molar-refractivity contribution >= 4 is 11.3 Å². The van der Waals surface area contributed by atoms with Crippen molar-refractivity contribution in [3.05, 3.63) is 45.7 Å². The lowest BCUT2D eigenvalue weighted by Crippen LogP contribution is -2.15. The van der Waals surface area contributed by atoms with Gasteiger partial charge in [0.05, 0.1) is 10.7 Å². The van der Waals surface area contributed by atoms with Gasteiger partial charge in [0, 0.05) is 24.0 Å². The first-order valence-electron chi connectivity index (χ1n) is 6.76. The van der Waals surface area contributed by atoms with Crippen LogP contribution in [-0.4, -0.2) is 11.0 Å². The van der Waals surface area contributed by atoms with Gasteiger partial charge in [-0.1, -0.05) is 0 Å². The van der Waals surface area contributed by atoms with Gasteiger partial charge in [-0.2, -0.15) is 0 Å². The Hall–Kier alpha value is -1.46. The Labute approximate surface area is 121 Å². The maximum absolute atomic E-state index is 13.6. The average Bonchev–Trinajstić information content (AvgIpc) is 3.15. The molecule has 106 valence electrons. The third kappa shape index (κ3) is 3.77. The Balaban J connectivity index is 1.62. The Bertz CT molecular complexity index is 595. The SMILES string of the molecule is Cc1nc(COc2cc(F)cc(CNC3CC3)c2)cs1. The van der Waals surface area contributed by atoms with E-state index in [1.54, 1.807) is 17.4 Å². The number of hydrogen-bond acceptors (Lipinski definition) is 4. The van der Waals surface area contributed by atoms with Crippen molar-refractivity contribution in [2.45, 2.75) is 39.0 Å². The van der Waals surface area contributed by atoms with Crippen LogP contribution < -0.4 is 10.1 Å². The fourth-order valence-corrected chi connectivity index (χ4v) is 2.58. The summed E-state index contributed by atoms with van der Waals surface area (Å²) in [7, 11) is 0. The zero-order valence-corrected chi connectivity index (χ0v) is 12.2. The van der Waals surface area contributed by atoms with Gasteiger partial charge >= 0.3 is 0 Å². The second kappa shape index (κ2) is 5.89. The highest BCUT2D eigenvalue weighted by molar-refractivity contribution is 7.09. The molecule has 1 aliphatic rings. The lowest BCUT2D eigenvalue weighted by Gasteiger charge is -2.08. The van der Waals surface area contributed by atoms with Crippen LogP contribution in [0.2, 0.25) is 0 Å². The number of aryl methyl sites for hydroxylation is 1. The summed E-state index contributed by atoms with van der Waals surface area (Å²) < 4.78 is 19.2. The van der Waals surface area contributed by atoms with Crippen LogP contribution in [-0.2, 0) is 13.2 Å². The van der Waals surface area contributed by atoms with E-state index in [1.807, 2.05) is 18.4 Å². The van der Waals surface area contributed by atoms with Crippen molar-refractivity contribution in [3.8, 4) is 5.75 Å². The first-order valence-corrected chi connectivity index (χ1v) is 7.64. The van der Waals surface area contributed by atoms with Crippen LogP contribution in [0.25, 0.3) is 0 Å². The molecule has 3 nitrogen and oxygen atoms in total. The third-order valence-corrected chi connectivity index (χ3v) is 3.98. The van der Waals surface area contributed by atoms with Gasteiger partial charge < -0.3 is 10.1 Å². The van der Waals surface area contributed by atoms with E-state index in [0.717, 1.165) is 16.3 Å². The fraction of sp³-hybridized carbons (Fsp3) is 0.400. The number of thiazole rings is 1. The quantitative estimate of drug-likeness (QED) is 0.886. The number of rotatable bonds is 6. The number of halogens is 1. The number of hydrogen-bond donors (Lipinski definition) is 1. The molecule has 20 heavy (non-hydrogen) atoms. The number of ether oxygens (including phenoxy) is 1. The minimum atomic E-state index is -0.260. The molecule has 1 N–H and O–H groups in total. The molecule has 0 aliphatic heterocycles. The molecule has 2 aromatic rings. The maximum Gasteiger partial charge on any atom is 0.131 e. The van der Waals surface area contributed by atoms with E-state index in [0.29, 0.717) is 24.9 Å². The van der Waals surface area contributed by atoms with Gasteiger partial charge in [0.1, 0.15) is 18.2 Å². The smallest absolute Gasteiger partial charge is 0.131 e. The predicted molar refractivity (Wildman–Crippen MR) is 77.4 cm³/mol. The van der Waals surface area contributed by atoms with Crippen molar-refractivity contribution in [1.29, 1.82) is 0 Å². The molecular formula is C15H17FN2OS. The van der Waals surface area contributed by atoms with Crippen molar-refractivity contribution in [2.75, 3.05) is 0 Å². The molecule has 1 saturated carbocycles. The minimum Gasteiger partial charge on any atom is -0.487 e. The van der Waals surface area contributed by atoms with Gasteiger partial charge in [-0.25, -0.2) is 9.37 Å². The zero-order chi connectivity index (χ0) is 13.9. The van der Waals surface area contributed by atoms with E-state index in [1.165, 1.54) is 18.9 Å². The topological polar surface area (TPSA) is 34.1 Å². The predicted octanol–water partition coefficient (Wildman–Crippen LogP) is 3.42. The number of aromatic nitrogens is 1. The monoisotopic (exact) mass is 292 g/mol. The van der Waals surface area contributed by atoms with Crippen LogP contribution >= 0.6 is 11.3 Å². The molecule has 0 atom stereocenters. The van der Waals surface area contributed by atoms with Crippen LogP contribution in [0.3, 0.4) is 0 Å². The van der Waals surface area contributed by atoms with Gasteiger partial charge in [0.2, 0.25) is 0 Å². The molecule has 1 heterocycles. The van der Waals surface area contributed by atoms with E-state index in [4.69, 9.17) is 4.74 Å². The van der Waals surface area contributed by atoms with E-state index in [9.17, 15) is 4.39 Å². The molecule has 5 heteroatoms. The summed E-state index contributed by atoms with van der Waals surface area (Å²) in [6.45, 7) is 3.02. The molecule has 0 radical (unpaired) electrons. The Morgan fingerprint density at radius 3 is 2.95 bits per heavy atom. The summed E-state index contributed by atoms with van der Waals surface area (Å²) in [4.78, 5) is 4.33. The van der Waals surface area contributed by atoms with Gasteiger partial charge in [0.15, 0.2) is 0 Å². The third-order valence-electron chi connectivity index (χ3n) is 3.16. The second-order valence-electron chi connectivity index (χ2n) is 5.10. The molecule has 0 bridgehead atoms. The highest BCUT2D eigenvalue weighted by atomic mass is 32.1. The fourth-order valence-electron chi connectivity index (χ4n) is 1.99. The lowest BCUT2D eigenvalue weighted by molar-refractivity contribution is 0.300. The van der Waals surface area contributed by atoms with Crippen LogP contribution in [0.5, 0.6) is 5.75 Å². The molecule has 3 rings (SSSR count). The normalized spacial score (nSPS) is 14.5. The molecule has 0 amide bonds. The number of nitrogens with zero attached hydrogens (tertiary/aromatic N) is 1. The zero-order valence-electron chi connectivity index (χ0n) is 11.4. The molecule has 0 unspecified atom stereocenters. The lowest BCUT2D eigenvalue weighted by atomic mass is 10.2. The first kappa shape index (κ1) is 13.5. The molecule has 1 aromatic heterocycles. The van der Waals surface area contributed by atoms with Crippen molar-refractivity contribution in [3.63, 3.8) is 0 Å². The average molecular weight is 292 g/mol. The highest BCUT2D eigenvalue weighted by Gasteiger charge is 2.20. The van der Waals surface area contributed by atoms with Gasteiger partial charge in [0.25, 0.3) is 0 Å². The highest BCUT2D eigenvalue weighted by Crippen LogP contribution is 2.22. The second-order valence-corrected chi connectivity index (χ2v) is 6.16. The molecule has 1 aliphatic carbocycles. The standard InChI is InChI=1S/C15H17FN2OS/c1-10-18-14(9-20-10)8-19-15-5-11(4-12(16)6-15)7-17-13-2-3-13/h4-6,9,13,17H,2-3,7-8H2,1H3. The van der Waals surface area contributed by atoms with Crippen LogP contribution in [0, 0.1) is 12.7 Å². The summed E-state index contributed by atoms with van der Waals surface area (Å²) in [5.41, 5.74) is 1.80. The van der Waals surface area contributed by atoms with Crippen molar-refractivity contribution in [2.24, 2.45) is 0 Å². The Kier molecular flexibility index (Phi) is 3.98. The largest absolute Gasteiger partial charge is 0.487 e.